The van der Waals surface area contributed by atoms with Gasteiger partial charge in [-0.15, -0.1) is 0 Å². The number of nitrogens with zero attached hydrogens (tertiary/aromatic N) is 4. The van der Waals surface area contributed by atoms with E-state index in [0.717, 1.165) is 5.56 Å². The van der Waals surface area contributed by atoms with Gasteiger partial charge in [-0.25, -0.2) is 14.8 Å². The van der Waals surface area contributed by atoms with Crippen LogP contribution in [0, 0.1) is 6.92 Å². The summed E-state index contributed by atoms with van der Waals surface area (Å²) in [5.74, 6) is 1.71. The molecular formula is C19H21N7O2. The minimum absolute atomic E-state index is 0.143. The van der Waals surface area contributed by atoms with Gasteiger partial charge in [0, 0.05) is 38.2 Å². The normalized spacial score (nSPS) is 12.8. The maximum Gasteiger partial charge on any atom is 0.325 e. The summed E-state index contributed by atoms with van der Waals surface area (Å²) in [6.07, 6.45) is 4.99. The number of H-pyrrole nitrogens is 1. The third-order valence-corrected chi connectivity index (χ3v) is 4.68. The van der Waals surface area contributed by atoms with Gasteiger partial charge in [0.15, 0.2) is 5.82 Å². The standard InChI is InChI=1S/C19H21N7O2/c1-3-26-16-13(5-4-6-21-16)18(27)24-15-12(2)11-14(23-17(15)26)20-7-9-25-10-8-22-19(25)28/h4-6,8,10-11H,3,7,9H2,1-2H3,(H,20,23)(H,22,28)(H,24,27). The van der Waals surface area contributed by atoms with Crippen molar-refractivity contribution in [2.45, 2.75) is 20.4 Å². The van der Waals surface area contributed by atoms with Crippen LogP contribution in [0.3, 0.4) is 0 Å². The molecule has 3 aromatic rings. The van der Waals surface area contributed by atoms with Crippen molar-refractivity contribution in [2.75, 3.05) is 28.6 Å². The van der Waals surface area contributed by atoms with Crippen LogP contribution < -0.4 is 21.2 Å². The van der Waals surface area contributed by atoms with Crippen molar-refractivity contribution in [3.63, 3.8) is 0 Å². The van der Waals surface area contributed by atoms with E-state index in [4.69, 9.17) is 4.98 Å². The molecule has 9 nitrogen and oxygen atoms in total. The summed E-state index contributed by atoms with van der Waals surface area (Å²) in [5, 5.41) is 6.22. The van der Waals surface area contributed by atoms with Crippen molar-refractivity contribution in [1.82, 2.24) is 19.5 Å². The monoisotopic (exact) mass is 379 g/mol. The fourth-order valence-corrected chi connectivity index (χ4v) is 3.30. The molecule has 0 aromatic carbocycles. The molecule has 0 saturated heterocycles. The third kappa shape index (κ3) is 3.11. The predicted octanol–water partition coefficient (Wildman–Crippen LogP) is 2.11. The van der Waals surface area contributed by atoms with E-state index in [1.807, 2.05) is 24.8 Å². The van der Waals surface area contributed by atoms with Crippen LogP contribution in [-0.2, 0) is 6.54 Å². The molecule has 0 bridgehead atoms. The summed E-state index contributed by atoms with van der Waals surface area (Å²) in [4.78, 5) is 37.9. The lowest BCUT2D eigenvalue weighted by atomic mass is 10.2. The van der Waals surface area contributed by atoms with Crippen LogP contribution in [0.1, 0.15) is 22.8 Å². The smallest absolute Gasteiger partial charge is 0.325 e. The van der Waals surface area contributed by atoms with Crippen LogP contribution in [0.25, 0.3) is 0 Å². The van der Waals surface area contributed by atoms with Gasteiger partial charge in [0.25, 0.3) is 5.91 Å². The maximum absolute atomic E-state index is 12.6. The molecular weight excluding hydrogens is 358 g/mol. The van der Waals surface area contributed by atoms with E-state index in [1.54, 1.807) is 35.3 Å². The van der Waals surface area contributed by atoms with E-state index < -0.39 is 0 Å². The number of anilines is 4. The average molecular weight is 379 g/mol. The molecule has 0 fully saturated rings. The number of hydrogen-bond donors (Lipinski definition) is 3. The number of hydrogen-bond acceptors (Lipinski definition) is 6. The molecule has 1 aliphatic heterocycles. The molecule has 3 aromatic heterocycles. The molecule has 1 aliphatic rings. The van der Waals surface area contributed by atoms with Gasteiger partial charge in [-0.2, -0.15) is 0 Å². The topological polar surface area (TPSA) is 108 Å². The number of aromatic nitrogens is 4. The van der Waals surface area contributed by atoms with E-state index in [2.05, 4.69) is 20.6 Å². The van der Waals surface area contributed by atoms with Gasteiger partial charge in [-0.05, 0) is 37.6 Å². The number of amides is 1. The lowest BCUT2D eigenvalue weighted by Gasteiger charge is -2.23. The number of aryl methyl sites for hydroxylation is 1. The number of fused-ring (bicyclic) bond motifs is 2. The molecule has 0 unspecified atom stereocenters. The van der Waals surface area contributed by atoms with Gasteiger partial charge in [0.2, 0.25) is 0 Å². The molecule has 4 rings (SSSR count). The Balaban J connectivity index is 1.66. The summed E-state index contributed by atoms with van der Waals surface area (Å²) in [7, 11) is 0. The summed E-state index contributed by atoms with van der Waals surface area (Å²) >= 11 is 0. The number of nitrogens with one attached hydrogen (secondary N) is 3. The molecule has 0 spiro atoms. The predicted molar refractivity (Wildman–Crippen MR) is 107 cm³/mol. The largest absolute Gasteiger partial charge is 0.368 e. The molecule has 0 aliphatic carbocycles. The lowest BCUT2D eigenvalue weighted by molar-refractivity contribution is 0.102. The highest BCUT2D eigenvalue weighted by molar-refractivity contribution is 6.11. The first-order valence-electron chi connectivity index (χ1n) is 9.11. The zero-order chi connectivity index (χ0) is 19.7. The van der Waals surface area contributed by atoms with Gasteiger partial charge in [0.1, 0.15) is 11.6 Å². The molecule has 4 heterocycles. The number of aromatic amines is 1. The average Bonchev–Trinajstić information content (AvgIpc) is 3.04. The maximum atomic E-state index is 12.6. The molecule has 0 saturated carbocycles. The summed E-state index contributed by atoms with van der Waals surface area (Å²) in [6.45, 7) is 5.59. The molecule has 3 N–H and O–H groups in total. The third-order valence-electron chi connectivity index (χ3n) is 4.68. The van der Waals surface area contributed by atoms with E-state index in [-0.39, 0.29) is 11.6 Å². The van der Waals surface area contributed by atoms with Crippen LogP contribution >= 0.6 is 0 Å². The second-order valence-electron chi connectivity index (χ2n) is 6.48. The van der Waals surface area contributed by atoms with Crippen LogP contribution in [0.2, 0.25) is 0 Å². The van der Waals surface area contributed by atoms with Gasteiger partial charge < -0.3 is 20.5 Å². The van der Waals surface area contributed by atoms with E-state index in [1.165, 1.54) is 0 Å². The highest BCUT2D eigenvalue weighted by atomic mass is 16.2. The van der Waals surface area contributed by atoms with Gasteiger partial charge in [0.05, 0.1) is 11.3 Å². The number of rotatable bonds is 5. The molecule has 9 heteroatoms. The zero-order valence-corrected chi connectivity index (χ0v) is 15.7. The van der Waals surface area contributed by atoms with Crippen LogP contribution in [0.4, 0.5) is 23.1 Å². The SMILES string of the molecule is CCN1c2ncccc2C(=O)Nc2c(C)cc(NCCn3cc[nH]c3=O)nc21. The Hall–Kier alpha value is -3.62. The molecule has 144 valence electrons. The van der Waals surface area contributed by atoms with E-state index in [0.29, 0.717) is 48.3 Å². The summed E-state index contributed by atoms with van der Waals surface area (Å²) in [6, 6.07) is 5.39. The second kappa shape index (κ2) is 7.18. The lowest BCUT2D eigenvalue weighted by Crippen LogP contribution is -2.22. The number of pyridine rings is 2. The Morgan fingerprint density at radius 3 is 2.86 bits per heavy atom. The minimum atomic E-state index is -0.197. The van der Waals surface area contributed by atoms with Crippen molar-refractivity contribution >= 4 is 29.0 Å². The Morgan fingerprint density at radius 2 is 2.11 bits per heavy atom. The van der Waals surface area contributed by atoms with Crippen LogP contribution in [0.15, 0.2) is 41.6 Å². The number of carbonyl (C=O) groups excluding carboxylic acids is 1. The highest BCUT2D eigenvalue weighted by Gasteiger charge is 2.27. The Kier molecular flexibility index (Phi) is 4.56. The molecule has 0 atom stereocenters. The van der Waals surface area contributed by atoms with Gasteiger partial charge in [-0.3, -0.25) is 9.36 Å². The first-order chi connectivity index (χ1) is 13.6. The van der Waals surface area contributed by atoms with Crippen LogP contribution in [0.5, 0.6) is 0 Å². The van der Waals surface area contributed by atoms with Crippen molar-refractivity contribution in [1.29, 1.82) is 0 Å². The number of imidazole rings is 1. The van der Waals surface area contributed by atoms with E-state index in [9.17, 15) is 9.59 Å². The molecule has 28 heavy (non-hydrogen) atoms. The van der Waals surface area contributed by atoms with Crippen molar-refractivity contribution < 1.29 is 4.79 Å². The zero-order valence-electron chi connectivity index (χ0n) is 15.7. The Bertz CT molecular complexity index is 1090. The van der Waals surface area contributed by atoms with Gasteiger partial charge >= 0.3 is 5.69 Å². The van der Waals surface area contributed by atoms with Crippen molar-refractivity contribution in [3.8, 4) is 0 Å². The van der Waals surface area contributed by atoms with Gasteiger partial charge in [-0.1, -0.05) is 0 Å². The summed E-state index contributed by atoms with van der Waals surface area (Å²) in [5.41, 5.74) is 1.95. The Labute approximate surface area is 161 Å². The quantitative estimate of drug-likeness (QED) is 0.627. The second-order valence-corrected chi connectivity index (χ2v) is 6.48. The fourth-order valence-electron chi connectivity index (χ4n) is 3.30. The molecule has 0 radical (unpaired) electrons. The first kappa shape index (κ1) is 17.8. The van der Waals surface area contributed by atoms with Crippen molar-refractivity contribution in [3.05, 3.63) is 58.4 Å². The number of carbonyl (C=O) groups is 1. The Morgan fingerprint density at radius 1 is 1.25 bits per heavy atom. The van der Waals surface area contributed by atoms with E-state index >= 15 is 0 Å². The highest BCUT2D eigenvalue weighted by Crippen LogP contribution is 2.37. The first-order valence-corrected chi connectivity index (χ1v) is 9.11. The summed E-state index contributed by atoms with van der Waals surface area (Å²) < 4.78 is 1.59. The van der Waals surface area contributed by atoms with Crippen molar-refractivity contribution in [2.24, 2.45) is 0 Å². The molecule has 1 amide bonds. The van der Waals surface area contributed by atoms with Crippen LogP contribution in [-0.4, -0.2) is 38.5 Å². The minimum Gasteiger partial charge on any atom is -0.368 e. The fraction of sp³-hybridized carbons (Fsp3) is 0.263.